The number of alkyl halides is 3. The summed E-state index contributed by atoms with van der Waals surface area (Å²) in [5, 5.41) is 1.15. The Labute approximate surface area is 189 Å². The first-order valence-corrected chi connectivity index (χ1v) is 13.9. The minimum atomic E-state index is -6.09. The van der Waals surface area contributed by atoms with E-state index in [4.69, 9.17) is 13.0 Å². The fourth-order valence-corrected chi connectivity index (χ4v) is 11.7. The van der Waals surface area contributed by atoms with E-state index >= 15 is 0 Å². The molecule has 0 radical (unpaired) electrons. The lowest BCUT2D eigenvalue weighted by molar-refractivity contribution is -0.514. The molecule has 0 saturated carbocycles. The van der Waals surface area contributed by atoms with Crippen molar-refractivity contribution in [2.24, 2.45) is 0 Å². The van der Waals surface area contributed by atoms with Crippen LogP contribution in [0.1, 0.15) is 83.1 Å². The minimum absolute atomic E-state index is 0.288. The molecular formula is C20H39F3N2O3P2S. The number of aromatic nitrogens is 2. The summed E-state index contributed by atoms with van der Waals surface area (Å²) in [5.41, 5.74) is -5.65. The minimum Gasteiger partial charge on any atom is -0.741 e. The lowest BCUT2D eigenvalue weighted by atomic mass is 10.2. The Morgan fingerprint density at radius 1 is 0.774 bits per heavy atom. The molecule has 0 amide bonds. The van der Waals surface area contributed by atoms with Gasteiger partial charge in [-0.15, -0.1) is 0 Å². The van der Waals surface area contributed by atoms with E-state index in [1.165, 1.54) is 0 Å². The lowest BCUT2D eigenvalue weighted by Crippen LogP contribution is -2.42. The summed E-state index contributed by atoms with van der Waals surface area (Å²) in [5.74, 6) is 0. The third-order valence-corrected chi connectivity index (χ3v) is 10.9. The normalized spacial score (nSPS) is 14.6. The van der Waals surface area contributed by atoms with E-state index in [2.05, 4.69) is 110 Å². The predicted molar refractivity (Wildman–Crippen MR) is 124 cm³/mol. The number of hydrogen-bond acceptors (Lipinski definition) is 3. The molecular weight excluding hydrogens is 467 g/mol. The van der Waals surface area contributed by atoms with Crippen LogP contribution in [0.4, 0.5) is 13.2 Å². The second-order valence-electron chi connectivity index (χ2n) is 11.4. The van der Waals surface area contributed by atoms with Gasteiger partial charge in [-0.05, 0) is 0 Å². The fourth-order valence-electron chi connectivity index (χ4n) is 3.97. The van der Waals surface area contributed by atoms with Crippen LogP contribution < -0.4 is 4.34 Å². The Bertz CT molecular complexity index is 752. The molecule has 0 fully saturated rings. The van der Waals surface area contributed by atoms with Gasteiger partial charge in [0.15, 0.2) is 10.1 Å². The van der Waals surface area contributed by atoms with E-state index in [0.717, 1.165) is 0 Å². The number of imidazole rings is 1. The molecule has 0 aliphatic heterocycles. The van der Waals surface area contributed by atoms with Crippen molar-refractivity contribution < 1.29 is 30.5 Å². The van der Waals surface area contributed by atoms with Gasteiger partial charge in [-0.2, -0.15) is 13.2 Å². The van der Waals surface area contributed by atoms with Gasteiger partial charge in [-0.3, -0.25) is 0 Å². The summed E-state index contributed by atoms with van der Waals surface area (Å²) in [4.78, 5) is 0. The van der Waals surface area contributed by atoms with Crippen molar-refractivity contribution in [2.45, 2.75) is 109 Å². The van der Waals surface area contributed by atoms with Crippen molar-refractivity contribution in [3.05, 3.63) is 18.7 Å². The van der Waals surface area contributed by atoms with Gasteiger partial charge in [0.2, 0.25) is 6.33 Å². The van der Waals surface area contributed by atoms with Crippen molar-refractivity contribution in [3.63, 3.8) is 0 Å². The van der Waals surface area contributed by atoms with Crippen LogP contribution in [-0.2, 0) is 10.1 Å². The summed E-state index contributed by atoms with van der Waals surface area (Å²) >= 11 is 0. The number of halogens is 3. The quantitative estimate of drug-likeness (QED) is 0.261. The molecule has 5 nitrogen and oxygen atoms in total. The maximum absolute atomic E-state index is 10.7. The molecule has 1 heterocycles. The molecule has 184 valence electrons. The zero-order valence-corrected chi connectivity index (χ0v) is 23.4. The zero-order valence-electron chi connectivity index (χ0n) is 20.8. The molecule has 0 bridgehead atoms. The van der Waals surface area contributed by atoms with Crippen LogP contribution in [0.3, 0.4) is 0 Å². The maximum atomic E-state index is 10.7. The van der Waals surface area contributed by atoms with Crippen LogP contribution in [0.2, 0.25) is 0 Å². The third kappa shape index (κ3) is 9.27. The summed E-state index contributed by atoms with van der Waals surface area (Å²) in [6.45, 7) is 28.6. The van der Waals surface area contributed by atoms with Gasteiger partial charge < -0.3 is 4.55 Å². The summed E-state index contributed by atoms with van der Waals surface area (Å²) in [6, 6.07) is 0. The van der Waals surface area contributed by atoms with Gasteiger partial charge >= 0.3 is 5.51 Å². The fraction of sp³-hybridized carbons (Fsp3) is 0.850. The molecule has 11 heteroatoms. The van der Waals surface area contributed by atoms with Crippen LogP contribution in [0, 0.1) is 0 Å². The van der Waals surface area contributed by atoms with Gasteiger partial charge in [-0.1, -0.05) is 83.1 Å². The monoisotopic (exact) mass is 506 g/mol. The van der Waals surface area contributed by atoms with E-state index in [9.17, 15) is 13.2 Å². The standard InChI is InChI=1S/C19H39N2P2.CHF3O3S/c1-16(2,3)22(17(4,5)6)20-13-14-21(15-20)23(18(7,8)9)19(10,11)12;2-1(3,4)8(5,6)7/h13-15H,1-12H3;(H,5,6,7)/q+1;/p-1. The van der Waals surface area contributed by atoms with Gasteiger partial charge in [0.05, 0.1) is 0 Å². The lowest BCUT2D eigenvalue weighted by Gasteiger charge is -2.38. The Kier molecular flexibility index (Phi) is 9.49. The molecule has 31 heavy (non-hydrogen) atoms. The van der Waals surface area contributed by atoms with Crippen LogP contribution in [-0.4, -0.2) is 43.4 Å². The van der Waals surface area contributed by atoms with Gasteiger partial charge in [0, 0.05) is 20.6 Å². The van der Waals surface area contributed by atoms with Crippen molar-refractivity contribution in [3.8, 4) is 0 Å². The SMILES string of the molecule is CC(C)(C)P(n1cc[n+](P(C(C)(C)C)C(C)(C)C)c1)C(C)(C)C.O=S(=O)([O-])C(F)(F)F. The first-order chi connectivity index (χ1) is 13.2. The second kappa shape index (κ2) is 9.56. The molecule has 1 rings (SSSR count). The second-order valence-corrected chi connectivity index (χ2v) is 20.3. The third-order valence-electron chi connectivity index (χ3n) is 3.90. The molecule has 0 unspecified atom stereocenters. The van der Waals surface area contributed by atoms with E-state index in [-0.39, 0.29) is 36.8 Å². The van der Waals surface area contributed by atoms with Crippen molar-refractivity contribution in [1.29, 1.82) is 0 Å². The Balaban J connectivity index is 0.000000954. The van der Waals surface area contributed by atoms with E-state index < -0.39 is 15.6 Å². The summed E-state index contributed by atoms with van der Waals surface area (Å²) in [6.07, 6.45) is 7.02. The molecule has 0 aliphatic carbocycles. The van der Waals surface area contributed by atoms with Crippen LogP contribution in [0.5, 0.6) is 0 Å². The molecule has 1 aromatic heterocycles. The van der Waals surface area contributed by atoms with Crippen molar-refractivity contribution in [2.75, 3.05) is 0 Å². The molecule has 0 saturated heterocycles. The average Bonchev–Trinajstić information content (AvgIpc) is 2.77. The molecule has 0 spiro atoms. The van der Waals surface area contributed by atoms with Crippen LogP contribution in [0.15, 0.2) is 18.7 Å². The van der Waals surface area contributed by atoms with Crippen molar-refractivity contribution in [1.82, 2.24) is 4.34 Å². The summed E-state index contributed by atoms with van der Waals surface area (Å²) in [7, 11) is -6.70. The van der Waals surface area contributed by atoms with Crippen LogP contribution >= 0.6 is 16.1 Å². The molecule has 0 aromatic carbocycles. The van der Waals surface area contributed by atoms with E-state index in [0.29, 0.717) is 0 Å². The average molecular weight is 507 g/mol. The molecule has 0 atom stereocenters. The Hall–Kier alpha value is -0.230. The predicted octanol–water partition coefficient (Wildman–Crippen LogP) is 6.51. The Morgan fingerprint density at radius 3 is 1.32 bits per heavy atom. The maximum Gasteiger partial charge on any atom is 0.485 e. The number of rotatable bonds is 2. The largest absolute Gasteiger partial charge is 0.741 e. The smallest absolute Gasteiger partial charge is 0.485 e. The highest BCUT2D eigenvalue weighted by Crippen LogP contribution is 2.60. The molecule has 0 aliphatic rings. The topological polar surface area (TPSA) is 66.0 Å². The highest BCUT2D eigenvalue weighted by Gasteiger charge is 2.44. The van der Waals surface area contributed by atoms with E-state index in [1.807, 2.05) is 0 Å². The number of nitrogens with zero attached hydrogens (tertiary/aromatic N) is 2. The highest BCUT2D eigenvalue weighted by atomic mass is 32.2. The Morgan fingerprint density at radius 2 is 1.10 bits per heavy atom. The first kappa shape index (κ1) is 30.8. The van der Waals surface area contributed by atoms with Crippen LogP contribution in [0.25, 0.3) is 0 Å². The molecule has 0 N–H and O–H groups in total. The van der Waals surface area contributed by atoms with Crippen molar-refractivity contribution >= 4 is 26.3 Å². The first-order valence-electron chi connectivity index (χ1n) is 9.93. The zero-order chi connectivity index (χ0) is 25.4. The number of hydrogen-bond donors (Lipinski definition) is 0. The van der Waals surface area contributed by atoms with E-state index in [1.54, 1.807) is 0 Å². The highest BCUT2D eigenvalue weighted by molar-refractivity contribution is 7.86. The molecule has 1 aromatic rings. The summed E-state index contributed by atoms with van der Waals surface area (Å²) < 4.78 is 63.9. The van der Waals surface area contributed by atoms with Gasteiger partial charge in [-0.25, -0.2) is 17.1 Å². The van der Waals surface area contributed by atoms with Gasteiger partial charge in [0.1, 0.15) is 28.5 Å². The van der Waals surface area contributed by atoms with Gasteiger partial charge in [0.25, 0.3) is 0 Å².